The Morgan fingerprint density at radius 1 is 1.39 bits per heavy atom. The van der Waals surface area contributed by atoms with Gasteiger partial charge >= 0.3 is 0 Å². The molecule has 1 aliphatic rings. The summed E-state index contributed by atoms with van der Waals surface area (Å²) in [4.78, 5) is 14.2. The average molecular weight is 277 g/mol. The Hall–Kier alpha value is -0.280. The van der Waals surface area contributed by atoms with Gasteiger partial charge in [-0.1, -0.05) is 34.1 Å². The summed E-state index contributed by atoms with van der Waals surface area (Å²) >= 11 is 0. The third kappa shape index (κ3) is 4.77. The number of nitrogens with two attached hydrogens (primary N) is 1. The molecule has 0 aromatic rings. The zero-order chi connectivity index (χ0) is 13.0. The van der Waals surface area contributed by atoms with Gasteiger partial charge in [-0.3, -0.25) is 4.79 Å². The second-order valence-corrected chi connectivity index (χ2v) is 5.98. The van der Waals surface area contributed by atoms with Gasteiger partial charge in [-0.15, -0.1) is 12.4 Å². The lowest BCUT2D eigenvalue weighted by Crippen LogP contribution is -2.46. The first-order valence-electron chi connectivity index (χ1n) is 7.00. The largest absolute Gasteiger partial charge is 0.341 e. The summed E-state index contributed by atoms with van der Waals surface area (Å²) in [6, 6.07) is -0.308. The van der Waals surface area contributed by atoms with Gasteiger partial charge < -0.3 is 10.6 Å². The molecule has 0 radical (unpaired) electrons. The molecular formula is C14H29ClN2O. The van der Waals surface area contributed by atoms with E-state index in [1.54, 1.807) is 0 Å². The molecule has 1 heterocycles. The molecule has 1 aliphatic heterocycles. The number of hydrogen-bond acceptors (Lipinski definition) is 2. The first-order chi connectivity index (χ1) is 7.95. The Kier molecular flexibility index (Phi) is 7.88. The van der Waals surface area contributed by atoms with E-state index in [1.807, 2.05) is 4.90 Å². The Bertz CT molecular complexity index is 258. The standard InChI is InChI=1S/C14H28N2O.ClH/c1-5-11(4)13(15)14(17)16-7-6-12(9-16)8-10(2)3;/h10-13H,5-9,15H2,1-4H3;1H. The van der Waals surface area contributed by atoms with Crippen LogP contribution in [0.3, 0.4) is 0 Å². The average Bonchev–Trinajstić information content (AvgIpc) is 2.73. The van der Waals surface area contributed by atoms with Gasteiger partial charge in [0, 0.05) is 13.1 Å². The first-order valence-corrected chi connectivity index (χ1v) is 7.00. The number of carbonyl (C=O) groups is 1. The Balaban J connectivity index is 0.00000289. The van der Waals surface area contributed by atoms with Crippen LogP contribution in [-0.4, -0.2) is 29.9 Å². The zero-order valence-corrected chi connectivity index (χ0v) is 13.0. The van der Waals surface area contributed by atoms with Crippen LogP contribution in [0.1, 0.15) is 47.0 Å². The second-order valence-electron chi connectivity index (χ2n) is 5.98. The SMILES string of the molecule is CCC(C)C(N)C(=O)N1CCC(CC(C)C)C1.Cl. The van der Waals surface area contributed by atoms with Crippen molar-refractivity contribution in [2.24, 2.45) is 23.5 Å². The highest BCUT2D eigenvalue weighted by Gasteiger charge is 2.31. The smallest absolute Gasteiger partial charge is 0.239 e. The lowest BCUT2D eigenvalue weighted by Gasteiger charge is -2.24. The molecule has 0 aromatic heterocycles. The second kappa shape index (κ2) is 8.00. The Morgan fingerprint density at radius 2 is 2.00 bits per heavy atom. The molecule has 1 saturated heterocycles. The molecule has 2 N–H and O–H groups in total. The summed E-state index contributed by atoms with van der Waals surface area (Å²) in [7, 11) is 0. The maximum Gasteiger partial charge on any atom is 0.239 e. The summed E-state index contributed by atoms with van der Waals surface area (Å²) in [6.07, 6.45) is 3.34. The molecule has 1 rings (SSSR count). The van der Waals surface area contributed by atoms with Gasteiger partial charge in [-0.05, 0) is 30.6 Å². The minimum Gasteiger partial charge on any atom is -0.341 e. The van der Waals surface area contributed by atoms with Gasteiger partial charge in [-0.25, -0.2) is 0 Å². The molecule has 0 spiro atoms. The molecule has 4 heteroatoms. The number of hydrogen-bond donors (Lipinski definition) is 1. The summed E-state index contributed by atoms with van der Waals surface area (Å²) in [5.41, 5.74) is 6.01. The topological polar surface area (TPSA) is 46.3 Å². The molecule has 0 aromatic carbocycles. The fourth-order valence-electron chi connectivity index (χ4n) is 2.60. The minimum atomic E-state index is -0.308. The van der Waals surface area contributed by atoms with E-state index < -0.39 is 0 Å². The predicted molar refractivity (Wildman–Crippen MR) is 78.8 cm³/mol. The van der Waals surface area contributed by atoms with Crippen LogP contribution in [0, 0.1) is 17.8 Å². The summed E-state index contributed by atoms with van der Waals surface area (Å²) in [6.45, 7) is 10.5. The molecule has 0 bridgehead atoms. The lowest BCUT2D eigenvalue weighted by molar-refractivity contribution is -0.132. The molecule has 3 nitrogen and oxygen atoms in total. The van der Waals surface area contributed by atoms with Crippen LogP contribution >= 0.6 is 12.4 Å². The highest BCUT2D eigenvalue weighted by molar-refractivity contribution is 5.85. The van der Waals surface area contributed by atoms with Crippen molar-refractivity contribution in [2.45, 2.75) is 53.0 Å². The van der Waals surface area contributed by atoms with Gasteiger partial charge in [-0.2, -0.15) is 0 Å². The fraction of sp³-hybridized carbons (Fsp3) is 0.929. The van der Waals surface area contributed by atoms with Crippen LogP contribution in [0.2, 0.25) is 0 Å². The molecule has 18 heavy (non-hydrogen) atoms. The molecule has 1 fully saturated rings. The molecule has 1 amide bonds. The van der Waals surface area contributed by atoms with Crippen LogP contribution in [0.5, 0.6) is 0 Å². The van der Waals surface area contributed by atoms with E-state index in [0.717, 1.165) is 31.8 Å². The van der Waals surface area contributed by atoms with E-state index in [2.05, 4.69) is 27.7 Å². The maximum absolute atomic E-state index is 12.2. The van der Waals surface area contributed by atoms with Crippen LogP contribution in [0.25, 0.3) is 0 Å². The van der Waals surface area contributed by atoms with Crippen LogP contribution in [0.15, 0.2) is 0 Å². The van der Waals surface area contributed by atoms with E-state index in [-0.39, 0.29) is 30.3 Å². The molecular weight excluding hydrogens is 248 g/mol. The van der Waals surface area contributed by atoms with Gasteiger partial charge in [0.05, 0.1) is 6.04 Å². The monoisotopic (exact) mass is 276 g/mol. The van der Waals surface area contributed by atoms with Gasteiger partial charge in [0.15, 0.2) is 0 Å². The van der Waals surface area contributed by atoms with E-state index in [4.69, 9.17) is 5.73 Å². The highest BCUT2D eigenvalue weighted by Crippen LogP contribution is 2.24. The Labute approximate surface area is 118 Å². The van der Waals surface area contributed by atoms with Crippen molar-refractivity contribution < 1.29 is 4.79 Å². The van der Waals surface area contributed by atoms with Crippen LogP contribution in [-0.2, 0) is 4.79 Å². The predicted octanol–water partition coefficient (Wildman–Crippen LogP) is 2.68. The number of halogens is 1. The van der Waals surface area contributed by atoms with E-state index in [9.17, 15) is 4.79 Å². The lowest BCUT2D eigenvalue weighted by atomic mass is 9.96. The molecule has 108 valence electrons. The van der Waals surface area contributed by atoms with E-state index in [1.165, 1.54) is 6.42 Å². The summed E-state index contributed by atoms with van der Waals surface area (Å²) < 4.78 is 0. The normalized spacial score (nSPS) is 22.8. The number of nitrogens with zero attached hydrogens (tertiary/aromatic N) is 1. The van der Waals surface area contributed by atoms with Crippen molar-refractivity contribution in [1.29, 1.82) is 0 Å². The van der Waals surface area contributed by atoms with Crippen molar-refractivity contribution in [1.82, 2.24) is 4.90 Å². The zero-order valence-electron chi connectivity index (χ0n) is 12.2. The quantitative estimate of drug-likeness (QED) is 0.839. The molecule has 3 atom stereocenters. The van der Waals surface area contributed by atoms with Crippen molar-refractivity contribution in [3.63, 3.8) is 0 Å². The third-order valence-corrected chi connectivity index (χ3v) is 3.94. The fourth-order valence-corrected chi connectivity index (χ4v) is 2.60. The van der Waals surface area contributed by atoms with Gasteiger partial charge in [0.25, 0.3) is 0 Å². The van der Waals surface area contributed by atoms with Crippen LogP contribution < -0.4 is 5.73 Å². The van der Waals surface area contributed by atoms with Gasteiger partial charge in [0.1, 0.15) is 0 Å². The number of likely N-dealkylation sites (tertiary alicyclic amines) is 1. The number of rotatable bonds is 5. The van der Waals surface area contributed by atoms with Crippen molar-refractivity contribution in [3.05, 3.63) is 0 Å². The van der Waals surface area contributed by atoms with Crippen molar-refractivity contribution in [2.75, 3.05) is 13.1 Å². The molecule has 3 unspecified atom stereocenters. The summed E-state index contributed by atoms with van der Waals surface area (Å²) in [5.74, 6) is 1.85. The van der Waals surface area contributed by atoms with Crippen LogP contribution in [0.4, 0.5) is 0 Å². The molecule has 0 aliphatic carbocycles. The van der Waals surface area contributed by atoms with E-state index >= 15 is 0 Å². The number of carbonyl (C=O) groups excluding carboxylic acids is 1. The third-order valence-electron chi connectivity index (χ3n) is 3.94. The van der Waals surface area contributed by atoms with Crippen molar-refractivity contribution >= 4 is 18.3 Å². The molecule has 0 saturated carbocycles. The van der Waals surface area contributed by atoms with Gasteiger partial charge in [0.2, 0.25) is 5.91 Å². The summed E-state index contributed by atoms with van der Waals surface area (Å²) in [5, 5.41) is 0. The minimum absolute atomic E-state index is 0. The van der Waals surface area contributed by atoms with E-state index in [0.29, 0.717) is 5.92 Å². The number of amides is 1. The maximum atomic E-state index is 12.2. The first kappa shape index (κ1) is 17.7. The highest BCUT2D eigenvalue weighted by atomic mass is 35.5. The Morgan fingerprint density at radius 3 is 2.50 bits per heavy atom. The van der Waals surface area contributed by atoms with Crippen molar-refractivity contribution in [3.8, 4) is 0 Å².